The SMILES string of the molecule is Cc1ccc2nc(N3CCNCC3)n3nc(C(F)(F)F)nc3c2c1. The van der Waals surface area contributed by atoms with E-state index in [0.29, 0.717) is 29.9 Å². The highest BCUT2D eigenvalue weighted by molar-refractivity contribution is 5.92. The lowest BCUT2D eigenvalue weighted by molar-refractivity contribution is -0.144. The third-order valence-corrected chi connectivity index (χ3v) is 4.06. The lowest BCUT2D eigenvalue weighted by Gasteiger charge is -2.28. The van der Waals surface area contributed by atoms with Crippen LogP contribution in [0.25, 0.3) is 16.6 Å². The molecule has 1 saturated heterocycles. The average molecular weight is 336 g/mol. The van der Waals surface area contributed by atoms with Gasteiger partial charge in [-0.2, -0.15) is 17.7 Å². The molecule has 1 fully saturated rings. The first-order chi connectivity index (χ1) is 11.4. The monoisotopic (exact) mass is 336 g/mol. The Bertz CT molecular complexity index is 911. The maximum Gasteiger partial charge on any atom is 0.453 e. The number of hydrogen-bond acceptors (Lipinski definition) is 5. The second-order valence-corrected chi connectivity index (χ2v) is 5.84. The fraction of sp³-hybridized carbons (Fsp3) is 0.400. The molecule has 0 atom stereocenters. The fourth-order valence-corrected chi connectivity index (χ4v) is 2.90. The van der Waals surface area contributed by atoms with Gasteiger partial charge in [-0.25, -0.2) is 9.97 Å². The number of aryl methyl sites for hydroxylation is 1. The molecule has 4 rings (SSSR count). The number of alkyl halides is 3. The summed E-state index contributed by atoms with van der Waals surface area (Å²) in [5.74, 6) is -0.749. The molecule has 0 radical (unpaired) electrons. The molecule has 9 heteroatoms. The summed E-state index contributed by atoms with van der Waals surface area (Å²) >= 11 is 0. The quantitative estimate of drug-likeness (QED) is 0.737. The van der Waals surface area contributed by atoms with Crippen LogP contribution in [-0.2, 0) is 6.18 Å². The minimum atomic E-state index is -4.59. The molecular weight excluding hydrogens is 321 g/mol. The zero-order valence-corrected chi connectivity index (χ0v) is 12.9. The predicted octanol–water partition coefficient (Wildman–Crippen LogP) is 2.01. The van der Waals surface area contributed by atoms with Crippen LogP contribution in [0.2, 0.25) is 0 Å². The van der Waals surface area contributed by atoms with E-state index >= 15 is 0 Å². The summed E-state index contributed by atoms with van der Waals surface area (Å²) in [6.45, 7) is 4.68. The van der Waals surface area contributed by atoms with Crippen LogP contribution < -0.4 is 10.2 Å². The number of nitrogens with one attached hydrogen (secondary N) is 1. The lowest BCUT2D eigenvalue weighted by Crippen LogP contribution is -2.44. The molecule has 0 aliphatic carbocycles. The minimum absolute atomic E-state index is 0.185. The molecule has 0 amide bonds. The van der Waals surface area contributed by atoms with E-state index in [4.69, 9.17) is 0 Å². The van der Waals surface area contributed by atoms with E-state index in [0.717, 1.165) is 18.7 Å². The van der Waals surface area contributed by atoms with Crippen LogP contribution in [0, 0.1) is 6.92 Å². The lowest BCUT2D eigenvalue weighted by atomic mass is 10.1. The van der Waals surface area contributed by atoms with Gasteiger partial charge >= 0.3 is 6.18 Å². The van der Waals surface area contributed by atoms with Gasteiger partial charge < -0.3 is 10.2 Å². The van der Waals surface area contributed by atoms with Gasteiger partial charge in [-0.15, -0.1) is 5.10 Å². The normalized spacial score (nSPS) is 16.2. The van der Waals surface area contributed by atoms with Crippen molar-refractivity contribution in [3.63, 3.8) is 0 Å². The summed E-state index contributed by atoms with van der Waals surface area (Å²) in [4.78, 5) is 10.2. The summed E-state index contributed by atoms with van der Waals surface area (Å²) in [6.07, 6.45) is -4.59. The van der Waals surface area contributed by atoms with Crippen LogP contribution in [-0.4, -0.2) is 45.8 Å². The summed E-state index contributed by atoms with van der Waals surface area (Å²) < 4.78 is 40.5. The summed E-state index contributed by atoms with van der Waals surface area (Å²) in [5.41, 5.74) is 1.73. The van der Waals surface area contributed by atoms with Gasteiger partial charge in [-0.3, -0.25) is 0 Å². The van der Waals surface area contributed by atoms with Gasteiger partial charge in [0.15, 0.2) is 5.65 Å². The van der Waals surface area contributed by atoms with Crippen molar-refractivity contribution in [3.05, 3.63) is 29.6 Å². The van der Waals surface area contributed by atoms with Crippen molar-refractivity contribution < 1.29 is 13.2 Å². The maximum atomic E-state index is 13.1. The number of fused-ring (bicyclic) bond motifs is 3. The average Bonchev–Trinajstić information content (AvgIpc) is 3.01. The number of aromatic nitrogens is 4. The van der Waals surface area contributed by atoms with Gasteiger partial charge in [0.2, 0.25) is 5.95 Å². The molecule has 3 heterocycles. The number of benzene rings is 1. The maximum absolute atomic E-state index is 13.1. The smallest absolute Gasteiger partial charge is 0.338 e. The van der Waals surface area contributed by atoms with Gasteiger partial charge in [0.1, 0.15) is 0 Å². The highest BCUT2D eigenvalue weighted by Crippen LogP contribution is 2.30. The number of anilines is 1. The highest BCUT2D eigenvalue weighted by Gasteiger charge is 2.37. The molecule has 0 saturated carbocycles. The van der Waals surface area contributed by atoms with E-state index in [-0.39, 0.29) is 5.65 Å². The van der Waals surface area contributed by atoms with Crippen molar-refractivity contribution in [1.29, 1.82) is 0 Å². The third kappa shape index (κ3) is 2.44. The molecule has 0 unspecified atom stereocenters. The molecule has 2 aromatic heterocycles. The Balaban J connectivity index is 2.02. The van der Waals surface area contributed by atoms with E-state index in [1.807, 2.05) is 17.9 Å². The molecule has 3 aromatic rings. The van der Waals surface area contributed by atoms with Crippen molar-refractivity contribution >= 4 is 22.5 Å². The zero-order valence-electron chi connectivity index (χ0n) is 12.9. The van der Waals surface area contributed by atoms with E-state index in [1.165, 1.54) is 4.52 Å². The topological polar surface area (TPSA) is 58.4 Å². The molecule has 126 valence electrons. The van der Waals surface area contributed by atoms with E-state index in [1.54, 1.807) is 12.1 Å². The first kappa shape index (κ1) is 15.1. The van der Waals surface area contributed by atoms with E-state index in [9.17, 15) is 13.2 Å². The van der Waals surface area contributed by atoms with Crippen molar-refractivity contribution in [1.82, 2.24) is 24.9 Å². The van der Waals surface area contributed by atoms with E-state index < -0.39 is 12.0 Å². The van der Waals surface area contributed by atoms with Gasteiger partial charge in [0.05, 0.1) is 5.52 Å². The molecule has 0 bridgehead atoms. The molecular formula is C15H15F3N6. The van der Waals surface area contributed by atoms with Crippen molar-refractivity contribution in [2.75, 3.05) is 31.1 Å². The number of piperazine rings is 1. The minimum Gasteiger partial charge on any atom is -0.338 e. The third-order valence-electron chi connectivity index (χ3n) is 4.06. The second kappa shape index (κ2) is 5.30. The summed E-state index contributed by atoms with van der Waals surface area (Å²) in [7, 11) is 0. The molecule has 6 nitrogen and oxygen atoms in total. The Hall–Kier alpha value is -2.42. The van der Waals surface area contributed by atoms with Gasteiger partial charge in [-0.1, -0.05) is 11.6 Å². The number of rotatable bonds is 1. The van der Waals surface area contributed by atoms with Crippen molar-refractivity contribution in [2.24, 2.45) is 0 Å². The van der Waals surface area contributed by atoms with Crippen LogP contribution in [0.1, 0.15) is 11.4 Å². The summed E-state index contributed by atoms with van der Waals surface area (Å²) in [5, 5.41) is 7.47. The molecule has 24 heavy (non-hydrogen) atoms. The molecule has 1 aliphatic rings. The number of halogens is 3. The standard InChI is InChI=1S/C15H15F3N6/c1-9-2-3-11-10(8-9)12-21-13(15(16,17)18)22-24(12)14(20-11)23-6-4-19-5-7-23/h2-3,8,19H,4-7H2,1H3. The van der Waals surface area contributed by atoms with Crippen LogP contribution in [0.4, 0.5) is 19.1 Å². The van der Waals surface area contributed by atoms with Crippen LogP contribution in [0.5, 0.6) is 0 Å². The Kier molecular flexibility index (Phi) is 3.34. The molecule has 0 spiro atoms. The van der Waals surface area contributed by atoms with Crippen LogP contribution >= 0.6 is 0 Å². The molecule has 1 N–H and O–H groups in total. The van der Waals surface area contributed by atoms with Gasteiger partial charge in [0.25, 0.3) is 5.82 Å². The Morgan fingerprint density at radius 1 is 1.12 bits per heavy atom. The molecule has 1 aromatic carbocycles. The van der Waals surface area contributed by atoms with Gasteiger partial charge in [-0.05, 0) is 19.1 Å². The Morgan fingerprint density at radius 2 is 1.88 bits per heavy atom. The predicted molar refractivity (Wildman–Crippen MR) is 83.1 cm³/mol. The molecule has 1 aliphatic heterocycles. The Labute approximate surface area is 135 Å². The van der Waals surface area contributed by atoms with Gasteiger partial charge in [0, 0.05) is 31.6 Å². The summed E-state index contributed by atoms with van der Waals surface area (Å²) in [6, 6.07) is 5.47. The van der Waals surface area contributed by atoms with E-state index in [2.05, 4.69) is 20.4 Å². The first-order valence-corrected chi connectivity index (χ1v) is 7.63. The van der Waals surface area contributed by atoms with Crippen molar-refractivity contribution in [3.8, 4) is 0 Å². The zero-order chi connectivity index (χ0) is 16.9. The number of nitrogens with zero attached hydrogens (tertiary/aromatic N) is 5. The Morgan fingerprint density at radius 3 is 2.58 bits per heavy atom. The largest absolute Gasteiger partial charge is 0.453 e. The number of hydrogen-bond donors (Lipinski definition) is 1. The second-order valence-electron chi connectivity index (χ2n) is 5.84. The highest BCUT2D eigenvalue weighted by atomic mass is 19.4. The van der Waals surface area contributed by atoms with Crippen molar-refractivity contribution in [2.45, 2.75) is 13.1 Å². The van der Waals surface area contributed by atoms with Crippen LogP contribution in [0.3, 0.4) is 0 Å². The fourth-order valence-electron chi connectivity index (χ4n) is 2.90. The first-order valence-electron chi connectivity index (χ1n) is 7.63. The van der Waals surface area contributed by atoms with Crippen LogP contribution in [0.15, 0.2) is 18.2 Å².